The van der Waals surface area contributed by atoms with Crippen molar-refractivity contribution < 1.29 is 0 Å². The summed E-state index contributed by atoms with van der Waals surface area (Å²) in [5, 5.41) is 15.1. The molecule has 0 bridgehead atoms. The Kier molecular flexibility index (Phi) is 5.75. The average molecular weight is 306 g/mol. The number of aromatic nitrogens is 3. The van der Waals surface area contributed by atoms with Crippen molar-refractivity contribution in [3.63, 3.8) is 0 Å². The zero-order valence-corrected chi connectivity index (χ0v) is 13.1. The van der Waals surface area contributed by atoms with Crippen LogP contribution in [0.4, 0.5) is 11.8 Å². The molecule has 1 heterocycles. The van der Waals surface area contributed by atoms with Gasteiger partial charge in [0.15, 0.2) is 5.82 Å². The maximum absolute atomic E-state index is 5.96. The predicted molar refractivity (Wildman–Crippen MR) is 86.8 cm³/mol. The van der Waals surface area contributed by atoms with Gasteiger partial charge in [0.2, 0.25) is 5.95 Å². The highest BCUT2D eigenvalue weighted by Crippen LogP contribution is 2.11. The third-order valence-corrected chi connectivity index (χ3v) is 3.39. The Morgan fingerprint density at radius 2 is 2.19 bits per heavy atom. The van der Waals surface area contributed by atoms with E-state index in [2.05, 4.69) is 45.7 Å². The van der Waals surface area contributed by atoms with Crippen LogP contribution in [0.2, 0.25) is 5.02 Å². The van der Waals surface area contributed by atoms with Crippen molar-refractivity contribution in [1.29, 1.82) is 0 Å². The number of hydrogen-bond acceptors (Lipinski definition) is 5. The Bertz CT molecular complexity index is 575. The highest BCUT2D eigenvalue weighted by molar-refractivity contribution is 6.30. The van der Waals surface area contributed by atoms with Gasteiger partial charge in [0, 0.05) is 17.6 Å². The molecule has 0 spiro atoms. The first-order valence-electron chi connectivity index (χ1n) is 7.12. The summed E-state index contributed by atoms with van der Waals surface area (Å²) in [6.07, 6.45) is 3.51. The molecule has 1 atom stereocenters. The van der Waals surface area contributed by atoms with Gasteiger partial charge in [-0.15, -0.1) is 5.10 Å². The van der Waals surface area contributed by atoms with Crippen LogP contribution >= 0.6 is 11.6 Å². The third-order valence-electron chi connectivity index (χ3n) is 3.16. The van der Waals surface area contributed by atoms with Gasteiger partial charge in [0.05, 0.1) is 6.20 Å². The van der Waals surface area contributed by atoms with Crippen LogP contribution < -0.4 is 10.6 Å². The van der Waals surface area contributed by atoms with Gasteiger partial charge in [-0.2, -0.15) is 10.1 Å². The van der Waals surface area contributed by atoms with E-state index < -0.39 is 0 Å². The number of hydrogen-bond donors (Lipinski definition) is 2. The molecule has 1 aromatic carbocycles. The maximum Gasteiger partial charge on any atom is 0.244 e. The first-order chi connectivity index (χ1) is 10.2. The quantitative estimate of drug-likeness (QED) is 0.821. The maximum atomic E-state index is 5.96. The minimum atomic E-state index is 0.327. The van der Waals surface area contributed by atoms with E-state index in [0.29, 0.717) is 12.0 Å². The molecule has 21 heavy (non-hydrogen) atoms. The molecule has 6 heteroatoms. The average Bonchev–Trinajstić information content (AvgIpc) is 2.47. The van der Waals surface area contributed by atoms with Gasteiger partial charge >= 0.3 is 0 Å². The molecule has 0 aliphatic rings. The molecule has 1 unspecified atom stereocenters. The second kappa shape index (κ2) is 7.78. The van der Waals surface area contributed by atoms with Crippen LogP contribution in [0.3, 0.4) is 0 Å². The van der Waals surface area contributed by atoms with Gasteiger partial charge in [-0.25, -0.2) is 0 Å². The second-order valence-electron chi connectivity index (χ2n) is 4.93. The summed E-state index contributed by atoms with van der Waals surface area (Å²) >= 11 is 5.96. The van der Waals surface area contributed by atoms with Crippen LogP contribution in [-0.4, -0.2) is 27.8 Å². The molecule has 2 aromatic rings. The number of halogens is 1. The highest BCUT2D eigenvalue weighted by atomic mass is 35.5. The minimum absolute atomic E-state index is 0.327. The SMILES string of the molecule is CCC(C)Nc1nncc(NCCc2cccc(Cl)c2)n1. The Balaban J connectivity index is 1.87. The lowest BCUT2D eigenvalue weighted by molar-refractivity contribution is 0.746. The molecule has 0 saturated carbocycles. The van der Waals surface area contributed by atoms with Crippen molar-refractivity contribution in [3.05, 3.63) is 41.0 Å². The largest absolute Gasteiger partial charge is 0.368 e. The summed E-state index contributed by atoms with van der Waals surface area (Å²) < 4.78 is 0. The smallest absolute Gasteiger partial charge is 0.244 e. The molecule has 0 fully saturated rings. The third kappa shape index (κ3) is 5.19. The highest BCUT2D eigenvalue weighted by Gasteiger charge is 2.03. The standard InChI is InChI=1S/C15H20ClN5/c1-3-11(2)19-15-20-14(10-18-21-15)17-8-7-12-5-4-6-13(16)9-12/h4-6,9-11H,3,7-8H2,1-2H3,(H2,17,19,20,21). The van der Waals surface area contributed by atoms with Gasteiger partial charge in [-0.05, 0) is 37.5 Å². The summed E-state index contributed by atoms with van der Waals surface area (Å²) in [5.74, 6) is 1.27. The van der Waals surface area contributed by atoms with Crippen molar-refractivity contribution in [2.75, 3.05) is 17.2 Å². The first-order valence-corrected chi connectivity index (χ1v) is 7.49. The fourth-order valence-electron chi connectivity index (χ4n) is 1.80. The van der Waals surface area contributed by atoms with E-state index in [1.54, 1.807) is 6.20 Å². The van der Waals surface area contributed by atoms with E-state index in [9.17, 15) is 0 Å². The lowest BCUT2D eigenvalue weighted by atomic mass is 10.1. The minimum Gasteiger partial charge on any atom is -0.368 e. The van der Waals surface area contributed by atoms with Gasteiger partial charge in [0.1, 0.15) is 0 Å². The van der Waals surface area contributed by atoms with Crippen molar-refractivity contribution in [2.24, 2.45) is 0 Å². The van der Waals surface area contributed by atoms with Gasteiger partial charge in [0.25, 0.3) is 0 Å². The molecular weight excluding hydrogens is 286 g/mol. The molecule has 0 radical (unpaired) electrons. The van der Waals surface area contributed by atoms with Crippen LogP contribution in [0, 0.1) is 0 Å². The lowest BCUT2D eigenvalue weighted by Gasteiger charge is -2.11. The zero-order chi connectivity index (χ0) is 15.1. The summed E-state index contributed by atoms with van der Waals surface area (Å²) in [5.41, 5.74) is 1.19. The molecule has 0 amide bonds. The van der Waals surface area contributed by atoms with E-state index >= 15 is 0 Å². The van der Waals surface area contributed by atoms with Crippen LogP contribution in [0.5, 0.6) is 0 Å². The van der Waals surface area contributed by atoms with Crippen molar-refractivity contribution in [2.45, 2.75) is 32.7 Å². The Labute approximate surface area is 130 Å². The van der Waals surface area contributed by atoms with E-state index in [-0.39, 0.29) is 0 Å². The first kappa shape index (κ1) is 15.5. The number of nitrogens with zero attached hydrogens (tertiary/aromatic N) is 3. The van der Waals surface area contributed by atoms with Crippen molar-refractivity contribution in [1.82, 2.24) is 15.2 Å². The second-order valence-corrected chi connectivity index (χ2v) is 5.36. The van der Waals surface area contributed by atoms with Crippen molar-refractivity contribution >= 4 is 23.4 Å². The summed E-state index contributed by atoms with van der Waals surface area (Å²) in [4.78, 5) is 4.39. The molecule has 1 aromatic heterocycles. The molecule has 0 saturated heterocycles. The summed E-state index contributed by atoms with van der Waals surface area (Å²) in [7, 11) is 0. The fourth-order valence-corrected chi connectivity index (χ4v) is 2.01. The molecule has 5 nitrogen and oxygen atoms in total. The molecular formula is C15H20ClN5. The van der Waals surface area contributed by atoms with E-state index in [1.165, 1.54) is 5.56 Å². The fraction of sp³-hybridized carbons (Fsp3) is 0.400. The van der Waals surface area contributed by atoms with E-state index in [1.807, 2.05) is 18.2 Å². The molecule has 2 rings (SSSR count). The van der Waals surface area contributed by atoms with Crippen LogP contribution in [-0.2, 0) is 6.42 Å². The van der Waals surface area contributed by atoms with Crippen LogP contribution in [0.25, 0.3) is 0 Å². The number of benzene rings is 1. The van der Waals surface area contributed by atoms with Crippen molar-refractivity contribution in [3.8, 4) is 0 Å². The van der Waals surface area contributed by atoms with E-state index in [0.717, 1.165) is 30.2 Å². The summed E-state index contributed by atoms with van der Waals surface area (Å²) in [6, 6.07) is 8.19. The number of nitrogens with one attached hydrogen (secondary N) is 2. The van der Waals surface area contributed by atoms with Gasteiger partial charge < -0.3 is 10.6 Å². The molecule has 0 aliphatic heterocycles. The van der Waals surface area contributed by atoms with Crippen LogP contribution in [0.1, 0.15) is 25.8 Å². The number of rotatable bonds is 7. The topological polar surface area (TPSA) is 62.7 Å². The summed E-state index contributed by atoms with van der Waals surface area (Å²) in [6.45, 7) is 4.96. The Morgan fingerprint density at radius 3 is 2.95 bits per heavy atom. The number of anilines is 2. The molecule has 0 aliphatic carbocycles. The Hall–Kier alpha value is -1.88. The predicted octanol–water partition coefficient (Wildman–Crippen LogP) is 3.39. The molecule has 2 N–H and O–H groups in total. The lowest BCUT2D eigenvalue weighted by Crippen LogP contribution is -2.17. The normalized spacial score (nSPS) is 12.0. The van der Waals surface area contributed by atoms with Gasteiger partial charge in [-0.1, -0.05) is 30.7 Å². The van der Waals surface area contributed by atoms with Crippen LogP contribution in [0.15, 0.2) is 30.5 Å². The zero-order valence-electron chi connectivity index (χ0n) is 12.3. The molecule has 112 valence electrons. The monoisotopic (exact) mass is 305 g/mol. The van der Waals surface area contributed by atoms with Gasteiger partial charge in [-0.3, -0.25) is 0 Å². The Morgan fingerprint density at radius 1 is 1.33 bits per heavy atom. The van der Waals surface area contributed by atoms with E-state index in [4.69, 9.17) is 11.6 Å².